The van der Waals surface area contributed by atoms with Gasteiger partial charge in [0.25, 0.3) is 0 Å². The van der Waals surface area contributed by atoms with Gasteiger partial charge >= 0.3 is 12.1 Å². The fraction of sp³-hybridized carbons (Fsp3) is 0.882. The number of likely N-dealkylation sites (tertiary alicyclic amines) is 1. The zero-order chi connectivity index (χ0) is 16.9. The number of alkyl carbamates (subject to hydrolysis) is 1. The van der Waals surface area contributed by atoms with Crippen LogP contribution in [0.1, 0.15) is 52.9 Å². The first kappa shape index (κ1) is 18.0. The van der Waals surface area contributed by atoms with Crippen molar-refractivity contribution in [3.05, 3.63) is 0 Å². The van der Waals surface area contributed by atoms with Gasteiger partial charge in [-0.05, 0) is 52.4 Å². The van der Waals surface area contributed by atoms with Crippen molar-refractivity contribution in [1.29, 1.82) is 0 Å². The van der Waals surface area contributed by atoms with Crippen LogP contribution in [0, 0.1) is 11.8 Å². The maximum atomic E-state index is 11.7. The molecule has 2 aliphatic rings. The van der Waals surface area contributed by atoms with Gasteiger partial charge in [0.15, 0.2) is 0 Å². The molecule has 2 rings (SSSR count). The van der Waals surface area contributed by atoms with Crippen molar-refractivity contribution in [2.24, 2.45) is 11.8 Å². The minimum absolute atomic E-state index is 0.0371. The fourth-order valence-corrected chi connectivity index (χ4v) is 2.78. The highest BCUT2D eigenvalue weighted by atomic mass is 16.6. The summed E-state index contributed by atoms with van der Waals surface area (Å²) >= 11 is 0. The minimum atomic E-state index is -0.461. The number of hydrogen-bond donors (Lipinski definition) is 1. The summed E-state index contributed by atoms with van der Waals surface area (Å²) in [5.74, 6) is 0.566. The number of amides is 1. The standard InChI is InChI=1S/C17H30N2O4/c1-17(2,3)23-16(21)18-11-13-7-9-19(10-8-13)12-22-15(20)14-5-4-6-14/h13-14H,4-12H2,1-3H3,(H,18,21). The summed E-state index contributed by atoms with van der Waals surface area (Å²) < 4.78 is 10.6. The Labute approximate surface area is 138 Å². The van der Waals surface area contributed by atoms with Gasteiger partial charge in [0.2, 0.25) is 0 Å². The Balaban J connectivity index is 1.56. The molecule has 132 valence electrons. The molecule has 1 aliphatic heterocycles. The van der Waals surface area contributed by atoms with Crippen molar-refractivity contribution < 1.29 is 19.1 Å². The molecule has 0 spiro atoms. The predicted molar refractivity (Wildman–Crippen MR) is 86.8 cm³/mol. The molecular formula is C17H30N2O4. The van der Waals surface area contributed by atoms with E-state index in [1.165, 1.54) is 0 Å². The van der Waals surface area contributed by atoms with Crippen molar-refractivity contribution >= 4 is 12.1 Å². The lowest BCUT2D eigenvalue weighted by molar-refractivity contribution is -0.157. The second-order valence-electron chi connectivity index (χ2n) is 7.66. The summed E-state index contributed by atoms with van der Waals surface area (Å²) in [5.41, 5.74) is -0.461. The Hall–Kier alpha value is -1.30. The maximum absolute atomic E-state index is 11.7. The molecule has 0 bridgehead atoms. The topological polar surface area (TPSA) is 67.9 Å². The van der Waals surface area contributed by atoms with Crippen molar-refractivity contribution in [2.45, 2.75) is 58.5 Å². The number of carbonyl (C=O) groups is 2. The summed E-state index contributed by atoms with van der Waals surface area (Å²) in [7, 11) is 0. The number of hydrogen-bond acceptors (Lipinski definition) is 5. The lowest BCUT2D eigenvalue weighted by Gasteiger charge is -2.32. The Morgan fingerprint density at radius 2 is 1.78 bits per heavy atom. The highest BCUT2D eigenvalue weighted by molar-refractivity contribution is 5.73. The molecule has 2 fully saturated rings. The van der Waals surface area contributed by atoms with Crippen LogP contribution in [-0.2, 0) is 14.3 Å². The van der Waals surface area contributed by atoms with Gasteiger partial charge in [-0.25, -0.2) is 4.79 Å². The Kier molecular flexibility index (Phi) is 6.27. The van der Waals surface area contributed by atoms with E-state index in [0.29, 0.717) is 19.2 Å². The first-order valence-corrected chi connectivity index (χ1v) is 8.69. The Morgan fingerprint density at radius 3 is 2.30 bits per heavy atom. The van der Waals surface area contributed by atoms with Gasteiger partial charge in [0, 0.05) is 19.6 Å². The van der Waals surface area contributed by atoms with Crippen LogP contribution < -0.4 is 5.32 Å². The van der Waals surface area contributed by atoms with Crippen LogP contribution in [0.2, 0.25) is 0 Å². The lowest BCUT2D eigenvalue weighted by atomic mass is 9.86. The SMILES string of the molecule is CC(C)(C)OC(=O)NCC1CCN(COC(=O)C2CCC2)CC1. The summed E-state index contributed by atoms with van der Waals surface area (Å²) in [6.45, 7) is 8.42. The zero-order valence-electron chi connectivity index (χ0n) is 14.6. The Bertz CT molecular complexity index is 407. The number of esters is 1. The molecule has 1 amide bonds. The molecule has 23 heavy (non-hydrogen) atoms. The van der Waals surface area contributed by atoms with Gasteiger partial charge in [-0.3, -0.25) is 9.69 Å². The molecule has 1 saturated heterocycles. The summed E-state index contributed by atoms with van der Waals surface area (Å²) in [6.07, 6.45) is 4.76. The molecule has 0 aromatic carbocycles. The van der Waals surface area contributed by atoms with Crippen molar-refractivity contribution in [3.63, 3.8) is 0 Å². The van der Waals surface area contributed by atoms with Crippen LogP contribution in [0.25, 0.3) is 0 Å². The van der Waals surface area contributed by atoms with Gasteiger partial charge in [-0.2, -0.15) is 0 Å². The normalized spacial score (nSPS) is 20.7. The van der Waals surface area contributed by atoms with Crippen LogP contribution in [0.5, 0.6) is 0 Å². The number of carbonyl (C=O) groups excluding carboxylic acids is 2. The van der Waals surface area contributed by atoms with E-state index < -0.39 is 5.60 Å². The second-order valence-corrected chi connectivity index (χ2v) is 7.66. The molecule has 6 heteroatoms. The van der Waals surface area contributed by atoms with Gasteiger partial charge in [-0.15, -0.1) is 0 Å². The van der Waals surface area contributed by atoms with Gasteiger partial charge in [-0.1, -0.05) is 6.42 Å². The lowest BCUT2D eigenvalue weighted by Crippen LogP contribution is -2.41. The molecule has 1 aliphatic carbocycles. The van der Waals surface area contributed by atoms with E-state index in [0.717, 1.165) is 45.2 Å². The second kappa shape index (κ2) is 7.99. The monoisotopic (exact) mass is 326 g/mol. The van der Waals surface area contributed by atoms with Crippen molar-refractivity contribution in [3.8, 4) is 0 Å². The molecule has 6 nitrogen and oxygen atoms in total. The number of nitrogens with one attached hydrogen (secondary N) is 1. The molecule has 0 aromatic heterocycles. The van der Waals surface area contributed by atoms with Crippen molar-refractivity contribution in [1.82, 2.24) is 10.2 Å². The highest BCUT2D eigenvalue weighted by Crippen LogP contribution is 2.27. The quantitative estimate of drug-likeness (QED) is 0.786. The number of piperidine rings is 1. The van der Waals surface area contributed by atoms with Crippen LogP contribution in [-0.4, -0.2) is 48.9 Å². The molecule has 0 aromatic rings. The van der Waals surface area contributed by atoms with Crippen LogP contribution >= 0.6 is 0 Å². The third kappa shape index (κ3) is 6.37. The average molecular weight is 326 g/mol. The Morgan fingerprint density at radius 1 is 1.13 bits per heavy atom. The third-order valence-corrected chi connectivity index (χ3v) is 4.47. The van der Waals surface area contributed by atoms with Gasteiger partial charge < -0.3 is 14.8 Å². The maximum Gasteiger partial charge on any atom is 0.407 e. The van der Waals surface area contributed by atoms with E-state index in [2.05, 4.69) is 10.2 Å². The molecule has 0 unspecified atom stereocenters. The first-order chi connectivity index (χ1) is 10.8. The van der Waals surface area contributed by atoms with Crippen LogP contribution in [0.4, 0.5) is 4.79 Å². The fourth-order valence-electron chi connectivity index (χ4n) is 2.78. The largest absolute Gasteiger partial charge is 0.449 e. The van der Waals surface area contributed by atoms with Crippen molar-refractivity contribution in [2.75, 3.05) is 26.4 Å². The number of ether oxygens (including phenoxy) is 2. The van der Waals surface area contributed by atoms with Crippen LogP contribution in [0.15, 0.2) is 0 Å². The number of nitrogens with zero attached hydrogens (tertiary/aromatic N) is 1. The van der Waals surface area contributed by atoms with Crippen LogP contribution in [0.3, 0.4) is 0 Å². The summed E-state index contributed by atoms with van der Waals surface area (Å²) in [6, 6.07) is 0. The van der Waals surface area contributed by atoms with E-state index in [1.807, 2.05) is 20.8 Å². The first-order valence-electron chi connectivity index (χ1n) is 8.69. The average Bonchev–Trinajstić information content (AvgIpc) is 2.40. The molecule has 1 saturated carbocycles. The van der Waals surface area contributed by atoms with Gasteiger partial charge in [0.1, 0.15) is 12.3 Å². The zero-order valence-corrected chi connectivity index (χ0v) is 14.6. The highest BCUT2D eigenvalue weighted by Gasteiger charge is 2.28. The van der Waals surface area contributed by atoms with E-state index in [-0.39, 0.29) is 18.0 Å². The van der Waals surface area contributed by atoms with E-state index in [1.54, 1.807) is 0 Å². The van der Waals surface area contributed by atoms with E-state index in [9.17, 15) is 9.59 Å². The number of rotatable bonds is 5. The molecule has 0 atom stereocenters. The summed E-state index contributed by atoms with van der Waals surface area (Å²) in [5, 5.41) is 2.84. The smallest absolute Gasteiger partial charge is 0.407 e. The predicted octanol–water partition coefficient (Wildman–Crippen LogP) is 2.52. The van der Waals surface area contributed by atoms with E-state index >= 15 is 0 Å². The molecule has 1 N–H and O–H groups in total. The van der Waals surface area contributed by atoms with E-state index in [4.69, 9.17) is 9.47 Å². The molecule has 0 radical (unpaired) electrons. The molecule has 1 heterocycles. The molecular weight excluding hydrogens is 296 g/mol. The summed E-state index contributed by atoms with van der Waals surface area (Å²) in [4.78, 5) is 25.5. The minimum Gasteiger partial charge on any atom is -0.449 e. The third-order valence-electron chi connectivity index (χ3n) is 4.47. The van der Waals surface area contributed by atoms with Gasteiger partial charge in [0.05, 0.1) is 5.92 Å².